The summed E-state index contributed by atoms with van der Waals surface area (Å²) in [5.41, 5.74) is 7.69. The molecule has 0 aliphatic heterocycles. The van der Waals surface area contributed by atoms with E-state index in [-0.39, 0.29) is 0 Å². The minimum atomic E-state index is 0.721. The molecule has 0 aliphatic rings. The normalized spacial score (nSPS) is 11.2. The first-order valence-corrected chi connectivity index (χ1v) is 9.46. The summed E-state index contributed by atoms with van der Waals surface area (Å²) < 4.78 is 0. The minimum absolute atomic E-state index is 0.721. The third kappa shape index (κ3) is 4.17. The zero-order valence-electron chi connectivity index (χ0n) is 16.9. The maximum Gasteiger partial charge on any atom is 0.116 e. The average Bonchev–Trinajstić information content (AvgIpc) is 3.13. The zero-order valence-corrected chi connectivity index (χ0v) is 16.9. The van der Waals surface area contributed by atoms with Gasteiger partial charge in [0.05, 0.1) is 23.1 Å². The number of benzene rings is 1. The Balaban J connectivity index is 1.66. The van der Waals surface area contributed by atoms with Crippen LogP contribution in [0.15, 0.2) is 61.6 Å². The van der Waals surface area contributed by atoms with Crippen molar-refractivity contribution in [2.75, 3.05) is 19.4 Å². The highest BCUT2D eigenvalue weighted by Crippen LogP contribution is 2.28. The molecule has 6 heteroatoms. The Hall–Kier alpha value is -3.51. The van der Waals surface area contributed by atoms with E-state index >= 15 is 0 Å². The molecule has 6 nitrogen and oxygen atoms in total. The van der Waals surface area contributed by atoms with E-state index in [1.54, 1.807) is 6.20 Å². The fraction of sp³-hybridized carbons (Fsp3) is 0.174. The van der Waals surface area contributed by atoms with Crippen LogP contribution in [0.5, 0.6) is 0 Å². The van der Waals surface area contributed by atoms with Crippen molar-refractivity contribution in [3.05, 3.63) is 78.5 Å². The van der Waals surface area contributed by atoms with E-state index in [4.69, 9.17) is 0 Å². The Labute approximate surface area is 170 Å². The number of anilines is 1. The van der Waals surface area contributed by atoms with E-state index < -0.39 is 0 Å². The molecule has 0 radical (unpaired) electrons. The van der Waals surface area contributed by atoms with E-state index in [0.29, 0.717) is 0 Å². The number of H-pyrrole nitrogens is 1. The Kier molecular flexibility index (Phi) is 5.10. The number of pyridine rings is 2. The molecule has 0 aliphatic carbocycles. The molecule has 0 fully saturated rings. The smallest absolute Gasteiger partial charge is 0.116 e. The van der Waals surface area contributed by atoms with Crippen LogP contribution in [0, 0.1) is 6.92 Å². The van der Waals surface area contributed by atoms with Gasteiger partial charge >= 0.3 is 0 Å². The van der Waals surface area contributed by atoms with Gasteiger partial charge in [0, 0.05) is 35.6 Å². The van der Waals surface area contributed by atoms with Crippen LogP contribution >= 0.6 is 0 Å². The van der Waals surface area contributed by atoms with E-state index in [1.165, 1.54) is 5.56 Å². The van der Waals surface area contributed by atoms with Crippen molar-refractivity contribution in [3.8, 4) is 11.1 Å². The zero-order chi connectivity index (χ0) is 20.4. The second kappa shape index (κ2) is 7.85. The number of aromatic nitrogens is 4. The summed E-state index contributed by atoms with van der Waals surface area (Å²) in [6.07, 6.45) is 5.60. The average molecular weight is 384 g/mol. The summed E-state index contributed by atoms with van der Waals surface area (Å²) in [4.78, 5) is 10.9. The van der Waals surface area contributed by atoms with Gasteiger partial charge in [0.2, 0.25) is 0 Å². The Morgan fingerprint density at radius 3 is 2.69 bits per heavy atom. The quantitative estimate of drug-likeness (QED) is 0.513. The van der Waals surface area contributed by atoms with Crippen LogP contribution in [0.1, 0.15) is 17.0 Å². The van der Waals surface area contributed by atoms with Gasteiger partial charge in [-0.05, 0) is 62.5 Å². The van der Waals surface area contributed by atoms with E-state index in [0.717, 1.165) is 51.3 Å². The highest BCUT2D eigenvalue weighted by molar-refractivity contribution is 5.94. The Bertz CT molecular complexity index is 1160. The van der Waals surface area contributed by atoms with Crippen LogP contribution < -0.4 is 5.32 Å². The van der Waals surface area contributed by atoms with Gasteiger partial charge in [-0.3, -0.25) is 15.1 Å². The number of fused-ring (bicyclic) bond motifs is 1. The molecule has 0 spiro atoms. The largest absolute Gasteiger partial charge is 0.353 e. The number of aryl methyl sites for hydroxylation is 1. The lowest BCUT2D eigenvalue weighted by Crippen LogP contribution is -2.10. The molecule has 0 amide bonds. The molecule has 0 unspecified atom stereocenters. The van der Waals surface area contributed by atoms with Gasteiger partial charge in [-0.15, -0.1) is 0 Å². The van der Waals surface area contributed by atoms with Crippen molar-refractivity contribution in [2.24, 2.45) is 0 Å². The summed E-state index contributed by atoms with van der Waals surface area (Å²) in [6.45, 7) is 6.99. The predicted octanol–water partition coefficient (Wildman–Crippen LogP) is 4.47. The number of nitrogens with zero attached hydrogens (tertiary/aromatic N) is 4. The molecular weight excluding hydrogens is 360 g/mol. The van der Waals surface area contributed by atoms with Gasteiger partial charge in [-0.1, -0.05) is 12.6 Å². The summed E-state index contributed by atoms with van der Waals surface area (Å²) in [7, 11) is 4.11. The Morgan fingerprint density at radius 2 is 1.93 bits per heavy atom. The van der Waals surface area contributed by atoms with Crippen molar-refractivity contribution in [1.29, 1.82) is 0 Å². The topological polar surface area (TPSA) is 69.7 Å². The second-order valence-corrected chi connectivity index (χ2v) is 7.44. The number of hydrogen-bond donors (Lipinski definition) is 2. The summed E-state index contributed by atoms with van der Waals surface area (Å²) in [5.74, 6) is 0. The van der Waals surface area contributed by atoms with Crippen LogP contribution in [-0.4, -0.2) is 39.2 Å². The molecule has 0 saturated carbocycles. The molecule has 2 N–H and O–H groups in total. The molecule has 3 aromatic heterocycles. The molecule has 4 aromatic rings. The number of rotatable bonds is 6. The monoisotopic (exact) mass is 384 g/mol. The molecule has 3 heterocycles. The van der Waals surface area contributed by atoms with Gasteiger partial charge in [0.15, 0.2) is 0 Å². The molecule has 146 valence electrons. The van der Waals surface area contributed by atoms with Crippen molar-refractivity contribution in [3.63, 3.8) is 0 Å². The molecule has 0 saturated heterocycles. The lowest BCUT2D eigenvalue weighted by Gasteiger charge is -2.11. The summed E-state index contributed by atoms with van der Waals surface area (Å²) in [6, 6.07) is 12.4. The fourth-order valence-electron chi connectivity index (χ4n) is 3.30. The molecule has 0 bridgehead atoms. The molecule has 4 rings (SSSR count). The van der Waals surface area contributed by atoms with Crippen LogP contribution in [-0.2, 0) is 6.54 Å². The predicted molar refractivity (Wildman–Crippen MR) is 118 cm³/mol. The fourth-order valence-corrected chi connectivity index (χ4v) is 3.30. The number of aromatic amines is 1. The first kappa shape index (κ1) is 18.8. The van der Waals surface area contributed by atoms with Crippen molar-refractivity contribution < 1.29 is 0 Å². The van der Waals surface area contributed by atoms with Crippen molar-refractivity contribution in [2.45, 2.75) is 13.5 Å². The standard InChI is InChI=1S/C23H24N6/c1-15-5-7-20(13-25-15)26-16(2)23-21-10-18(6-8-22(21)27-28-23)19-9-17(11-24-12-19)14-29(3)4/h5-13,26H,2,14H2,1,3-4H3,(H,27,28). The van der Waals surface area contributed by atoms with Crippen LogP contribution in [0.25, 0.3) is 27.7 Å². The highest BCUT2D eigenvalue weighted by Gasteiger charge is 2.11. The summed E-state index contributed by atoms with van der Waals surface area (Å²) in [5, 5.41) is 11.9. The summed E-state index contributed by atoms with van der Waals surface area (Å²) >= 11 is 0. The van der Waals surface area contributed by atoms with Gasteiger partial charge < -0.3 is 10.2 Å². The second-order valence-electron chi connectivity index (χ2n) is 7.44. The lowest BCUT2D eigenvalue weighted by atomic mass is 10.0. The van der Waals surface area contributed by atoms with Crippen molar-refractivity contribution >= 4 is 22.3 Å². The van der Waals surface area contributed by atoms with Gasteiger partial charge in [0.1, 0.15) is 5.69 Å². The molecule has 1 aromatic carbocycles. The lowest BCUT2D eigenvalue weighted by molar-refractivity contribution is 0.402. The highest BCUT2D eigenvalue weighted by atomic mass is 15.1. The van der Waals surface area contributed by atoms with Gasteiger partial charge in [-0.25, -0.2) is 0 Å². The minimum Gasteiger partial charge on any atom is -0.353 e. The van der Waals surface area contributed by atoms with Crippen LogP contribution in [0.4, 0.5) is 5.69 Å². The number of hydrogen-bond acceptors (Lipinski definition) is 5. The molecular formula is C23H24N6. The number of nitrogens with one attached hydrogen (secondary N) is 2. The first-order valence-electron chi connectivity index (χ1n) is 9.46. The van der Waals surface area contributed by atoms with E-state index in [1.807, 2.05) is 37.5 Å². The first-order chi connectivity index (χ1) is 14.0. The van der Waals surface area contributed by atoms with Crippen LogP contribution in [0.2, 0.25) is 0 Å². The maximum atomic E-state index is 4.47. The van der Waals surface area contributed by atoms with E-state index in [9.17, 15) is 0 Å². The molecule has 29 heavy (non-hydrogen) atoms. The third-order valence-corrected chi connectivity index (χ3v) is 4.68. The Morgan fingerprint density at radius 1 is 1.07 bits per heavy atom. The third-order valence-electron chi connectivity index (χ3n) is 4.68. The molecule has 0 atom stereocenters. The van der Waals surface area contributed by atoms with Gasteiger partial charge in [-0.2, -0.15) is 5.10 Å². The van der Waals surface area contributed by atoms with Crippen LogP contribution in [0.3, 0.4) is 0 Å². The van der Waals surface area contributed by atoms with E-state index in [2.05, 4.69) is 69.3 Å². The van der Waals surface area contributed by atoms with Gasteiger partial charge in [0.25, 0.3) is 0 Å². The van der Waals surface area contributed by atoms with Crippen molar-refractivity contribution in [1.82, 2.24) is 25.1 Å². The maximum absolute atomic E-state index is 4.47. The SMILES string of the molecule is C=C(Nc1ccc(C)nc1)c1n[nH]c2ccc(-c3cncc(CN(C)C)c3)cc12.